The van der Waals surface area contributed by atoms with Crippen molar-refractivity contribution in [2.75, 3.05) is 50.7 Å². The van der Waals surface area contributed by atoms with Crippen molar-refractivity contribution in [3.8, 4) is 0 Å². The van der Waals surface area contributed by atoms with E-state index in [4.69, 9.17) is 0 Å². The number of anilines is 1. The minimum absolute atomic E-state index is 0.0314. The van der Waals surface area contributed by atoms with Crippen molar-refractivity contribution < 1.29 is 41.0 Å². The van der Waals surface area contributed by atoms with Gasteiger partial charge in [-0.2, -0.15) is 26.3 Å². The molecule has 1 amide bonds. The largest absolute Gasteiger partial charge is 0.481 e. The number of carbonyl (C=O) groups excluding carboxylic acids is 1. The topological polar surface area (TPSA) is 64.1 Å². The molecule has 2 aromatic rings. The van der Waals surface area contributed by atoms with E-state index < -0.39 is 29.4 Å². The molecular formula is C28H31F6N3O3. The van der Waals surface area contributed by atoms with Gasteiger partial charge in [-0.1, -0.05) is 6.07 Å². The lowest BCUT2D eigenvalue weighted by molar-refractivity contribution is -0.139. The average molecular weight is 572 g/mol. The van der Waals surface area contributed by atoms with Gasteiger partial charge in [0.15, 0.2) is 0 Å². The molecule has 0 aromatic heterocycles. The van der Waals surface area contributed by atoms with Gasteiger partial charge in [0.05, 0.1) is 11.1 Å². The summed E-state index contributed by atoms with van der Waals surface area (Å²) >= 11 is 0. The highest BCUT2D eigenvalue weighted by atomic mass is 19.4. The van der Waals surface area contributed by atoms with Gasteiger partial charge in [-0.25, -0.2) is 0 Å². The Morgan fingerprint density at radius 2 is 1.48 bits per heavy atom. The van der Waals surface area contributed by atoms with Gasteiger partial charge in [-0.05, 0) is 73.7 Å². The molecule has 0 radical (unpaired) electrons. The van der Waals surface area contributed by atoms with Gasteiger partial charge in [0.1, 0.15) is 0 Å². The lowest BCUT2D eigenvalue weighted by Gasteiger charge is -2.40. The Labute approximate surface area is 228 Å². The monoisotopic (exact) mass is 571 g/mol. The molecule has 2 heterocycles. The van der Waals surface area contributed by atoms with Crippen molar-refractivity contribution in [3.63, 3.8) is 0 Å². The minimum Gasteiger partial charge on any atom is -0.481 e. The Morgan fingerprint density at radius 1 is 0.825 bits per heavy atom. The van der Waals surface area contributed by atoms with Gasteiger partial charge < -0.3 is 14.9 Å². The van der Waals surface area contributed by atoms with E-state index in [1.165, 1.54) is 6.07 Å². The van der Waals surface area contributed by atoms with Gasteiger partial charge >= 0.3 is 18.3 Å². The zero-order chi connectivity index (χ0) is 29.1. The quantitative estimate of drug-likeness (QED) is 0.446. The predicted molar refractivity (Wildman–Crippen MR) is 136 cm³/mol. The fourth-order valence-electron chi connectivity index (χ4n) is 5.53. The molecule has 2 saturated heterocycles. The maximum absolute atomic E-state index is 13.1. The Balaban J connectivity index is 1.34. The first-order chi connectivity index (χ1) is 18.8. The highest BCUT2D eigenvalue weighted by Gasteiger charge is 2.35. The number of halogens is 6. The van der Waals surface area contributed by atoms with Crippen LogP contribution in [0.2, 0.25) is 0 Å². The van der Waals surface area contributed by atoms with Crippen LogP contribution in [-0.4, -0.2) is 72.6 Å². The third-order valence-corrected chi connectivity index (χ3v) is 7.80. The van der Waals surface area contributed by atoms with E-state index in [1.54, 1.807) is 11.0 Å². The average Bonchev–Trinajstić information content (AvgIpc) is 2.91. The van der Waals surface area contributed by atoms with Gasteiger partial charge in [-0.15, -0.1) is 0 Å². The van der Waals surface area contributed by atoms with Crippen LogP contribution in [0.25, 0.3) is 0 Å². The first kappa shape index (κ1) is 29.7. The minimum atomic E-state index is -4.50. The lowest BCUT2D eigenvalue weighted by atomic mass is 9.81. The number of rotatable bonds is 7. The second-order valence-corrected chi connectivity index (χ2v) is 10.4. The fourth-order valence-corrected chi connectivity index (χ4v) is 5.53. The number of nitrogens with zero attached hydrogens (tertiary/aromatic N) is 3. The van der Waals surface area contributed by atoms with Gasteiger partial charge in [0, 0.05) is 56.9 Å². The molecule has 2 aromatic carbocycles. The summed E-state index contributed by atoms with van der Waals surface area (Å²) in [5.74, 6) is -1.56. The van der Waals surface area contributed by atoms with E-state index in [2.05, 4.69) is 4.90 Å². The summed E-state index contributed by atoms with van der Waals surface area (Å²) in [7, 11) is 0. The molecule has 0 aliphatic carbocycles. The standard InChI is InChI=1S/C28H31F6N3O3/c29-27(30,31)22-6-4-19(5-7-22)26(40)37-11-9-20(16-25(38)39)21(18-37)8-10-35-12-14-36(15-13-35)24-3-1-2-23(17-24)28(32,33)34/h1-7,17,20-21H,8-16,18H2,(H,38,39). The number of hydrogen-bond acceptors (Lipinski definition) is 4. The summed E-state index contributed by atoms with van der Waals surface area (Å²) in [6.45, 7) is 3.61. The second kappa shape index (κ2) is 12.1. The molecule has 1 N–H and O–H groups in total. The Hall–Kier alpha value is -3.28. The van der Waals surface area contributed by atoms with E-state index in [-0.39, 0.29) is 29.7 Å². The fraction of sp³-hybridized carbons (Fsp3) is 0.500. The molecule has 2 atom stereocenters. The van der Waals surface area contributed by atoms with Crippen molar-refractivity contribution in [3.05, 3.63) is 65.2 Å². The number of amides is 1. The molecule has 218 valence electrons. The zero-order valence-electron chi connectivity index (χ0n) is 21.7. The lowest BCUT2D eigenvalue weighted by Crippen LogP contribution is -2.48. The molecule has 2 unspecified atom stereocenters. The van der Waals surface area contributed by atoms with Crippen molar-refractivity contribution >= 4 is 17.6 Å². The van der Waals surface area contributed by atoms with Crippen LogP contribution in [0.1, 0.15) is 40.7 Å². The summed E-state index contributed by atoms with van der Waals surface area (Å²) in [5, 5.41) is 9.39. The van der Waals surface area contributed by atoms with Crippen molar-refractivity contribution in [2.24, 2.45) is 11.8 Å². The molecule has 2 fully saturated rings. The van der Waals surface area contributed by atoms with E-state index >= 15 is 0 Å². The van der Waals surface area contributed by atoms with Crippen LogP contribution in [0.15, 0.2) is 48.5 Å². The van der Waals surface area contributed by atoms with Gasteiger partial charge in [0.2, 0.25) is 0 Å². The first-order valence-electron chi connectivity index (χ1n) is 13.1. The molecule has 0 saturated carbocycles. The molecular weight excluding hydrogens is 540 g/mol. The van der Waals surface area contributed by atoms with E-state index in [1.807, 2.05) is 4.90 Å². The summed E-state index contributed by atoms with van der Waals surface area (Å²) in [6.07, 6.45) is -7.84. The SMILES string of the molecule is O=C(O)CC1CCN(C(=O)c2ccc(C(F)(F)F)cc2)CC1CCN1CCN(c2cccc(C(F)(F)F)c2)CC1. The highest BCUT2D eigenvalue weighted by Crippen LogP contribution is 2.33. The number of benzene rings is 2. The van der Waals surface area contributed by atoms with Crippen molar-refractivity contribution in [1.29, 1.82) is 0 Å². The maximum atomic E-state index is 13.1. The molecule has 2 aliphatic rings. The third-order valence-electron chi connectivity index (χ3n) is 7.80. The number of piperidine rings is 1. The third kappa shape index (κ3) is 7.47. The summed E-state index contributed by atoms with van der Waals surface area (Å²) in [4.78, 5) is 30.2. The molecule has 4 rings (SSSR count). The number of aliphatic carboxylic acids is 1. The van der Waals surface area contributed by atoms with Gasteiger partial charge in [0.25, 0.3) is 5.91 Å². The second-order valence-electron chi connectivity index (χ2n) is 10.4. The van der Waals surface area contributed by atoms with Gasteiger partial charge in [-0.3, -0.25) is 14.5 Å². The number of piperazine rings is 1. The molecule has 0 bridgehead atoms. The molecule has 40 heavy (non-hydrogen) atoms. The Bertz CT molecular complexity index is 1180. The number of likely N-dealkylation sites (tertiary alicyclic amines) is 1. The summed E-state index contributed by atoms with van der Waals surface area (Å²) in [6, 6.07) is 9.32. The van der Waals surface area contributed by atoms with E-state index in [9.17, 15) is 41.0 Å². The summed E-state index contributed by atoms with van der Waals surface area (Å²) < 4.78 is 77.9. The number of alkyl halides is 6. The molecule has 0 spiro atoms. The molecule has 12 heteroatoms. The van der Waals surface area contributed by atoms with Crippen LogP contribution in [0.3, 0.4) is 0 Å². The highest BCUT2D eigenvalue weighted by molar-refractivity contribution is 5.94. The normalized spacial score (nSPS) is 20.9. The maximum Gasteiger partial charge on any atom is 0.416 e. The number of carboxylic acid groups (broad SMARTS) is 1. The van der Waals surface area contributed by atoms with Crippen LogP contribution in [0.5, 0.6) is 0 Å². The van der Waals surface area contributed by atoms with Crippen LogP contribution >= 0.6 is 0 Å². The van der Waals surface area contributed by atoms with Crippen molar-refractivity contribution in [2.45, 2.75) is 31.6 Å². The zero-order valence-corrected chi connectivity index (χ0v) is 21.7. The number of carbonyl (C=O) groups is 2. The molecule has 6 nitrogen and oxygen atoms in total. The number of carboxylic acids is 1. The number of hydrogen-bond donors (Lipinski definition) is 1. The first-order valence-corrected chi connectivity index (χ1v) is 13.1. The van der Waals surface area contributed by atoms with E-state index in [0.29, 0.717) is 64.3 Å². The van der Waals surface area contributed by atoms with Crippen molar-refractivity contribution in [1.82, 2.24) is 9.80 Å². The summed E-state index contributed by atoms with van der Waals surface area (Å²) in [5.41, 5.74) is -0.866. The van der Waals surface area contributed by atoms with Crippen LogP contribution in [0, 0.1) is 11.8 Å². The van der Waals surface area contributed by atoms with Crippen LogP contribution in [-0.2, 0) is 17.1 Å². The molecule has 2 aliphatic heterocycles. The predicted octanol–water partition coefficient (Wildman–Crippen LogP) is 5.49. The smallest absolute Gasteiger partial charge is 0.416 e. The Kier molecular flexibility index (Phi) is 8.96. The van der Waals surface area contributed by atoms with Crippen LogP contribution in [0.4, 0.5) is 32.0 Å². The van der Waals surface area contributed by atoms with E-state index in [0.717, 1.165) is 36.4 Å². The van der Waals surface area contributed by atoms with Crippen LogP contribution < -0.4 is 4.90 Å². The Morgan fingerprint density at radius 3 is 2.08 bits per heavy atom.